The van der Waals surface area contributed by atoms with Crippen LogP contribution in [0.1, 0.15) is 55.4 Å². The number of aromatic hydroxyl groups is 1. The summed E-state index contributed by atoms with van der Waals surface area (Å²) < 4.78 is 11.2. The van der Waals surface area contributed by atoms with Crippen LogP contribution in [-0.2, 0) is 9.53 Å². The van der Waals surface area contributed by atoms with Crippen LogP contribution in [0.5, 0.6) is 5.75 Å². The Balaban J connectivity index is 2.36. The Morgan fingerprint density at radius 3 is 2.44 bits per heavy atom. The first-order chi connectivity index (χ1) is 12.6. The van der Waals surface area contributed by atoms with Gasteiger partial charge in [-0.1, -0.05) is 6.92 Å². The number of rotatable bonds is 3. The smallest absolute Gasteiger partial charge is 0.347 e. The van der Waals surface area contributed by atoms with Gasteiger partial charge < -0.3 is 19.4 Å². The number of aryl methyl sites for hydroxylation is 1. The maximum absolute atomic E-state index is 12.6. The third-order valence-electron chi connectivity index (χ3n) is 5.25. The first kappa shape index (κ1) is 19.2. The number of aliphatic hydroxyl groups is 1. The van der Waals surface area contributed by atoms with Crippen LogP contribution < -0.4 is 5.63 Å². The first-order valence-electron chi connectivity index (χ1n) is 9.01. The number of ketones is 1. The van der Waals surface area contributed by atoms with Crippen molar-refractivity contribution in [2.24, 2.45) is 0 Å². The third-order valence-corrected chi connectivity index (χ3v) is 5.25. The molecule has 0 saturated heterocycles. The van der Waals surface area contributed by atoms with Crippen LogP contribution in [0, 0.1) is 13.8 Å². The van der Waals surface area contributed by atoms with Crippen LogP contribution >= 0.6 is 0 Å². The minimum absolute atomic E-state index is 0.0397. The van der Waals surface area contributed by atoms with Crippen molar-refractivity contribution in [1.82, 2.24) is 0 Å². The standard InChI is InChI=1S/C21H24O6/c1-9-6-14(23)7-17(26-9)15-8-16-18(10(2)13(5)22)11(3)19(24)12(4)20(16)27-21(15)25/h7-10,13,22,24H,6H2,1-5H3. The van der Waals surface area contributed by atoms with E-state index >= 15 is 0 Å². The lowest BCUT2D eigenvalue weighted by atomic mass is 9.87. The topological polar surface area (TPSA) is 97.0 Å². The van der Waals surface area contributed by atoms with Gasteiger partial charge in [0.05, 0.1) is 6.10 Å². The van der Waals surface area contributed by atoms with E-state index in [9.17, 15) is 19.8 Å². The van der Waals surface area contributed by atoms with Gasteiger partial charge in [0.2, 0.25) is 0 Å². The predicted octanol–water partition coefficient (Wildman–Crippen LogP) is 3.32. The number of carbonyl (C=O) groups is 1. The molecule has 6 nitrogen and oxygen atoms in total. The van der Waals surface area contributed by atoms with Crippen molar-refractivity contribution in [1.29, 1.82) is 0 Å². The van der Waals surface area contributed by atoms with Crippen LogP contribution in [0.2, 0.25) is 0 Å². The minimum Gasteiger partial charge on any atom is -0.507 e. The summed E-state index contributed by atoms with van der Waals surface area (Å²) >= 11 is 0. The van der Waals surface area contributed by atoms with E-state index in [1.807, 2.05) is 6.92 Å². The second kappa shape index (κ2) is 6.85. The molecule has 0 spiro atoms. The van der Waals surface area contributed by atoms with Crippen LogP contribution in [0.4, 0.5) is 0 Å². The van der Waals surface area contributed by atoms with E-state index in [-0.39, 0.29) is 46.9 Å². The molecule has 6 heteroatoms. The molecule has 0 aliphatic carbocycles. The SMILES string of the molecule is Cc1c(O)c(C)c2oc(=O)c(C3=CC(=O)CC(C)O3)cc2c1C(C)C(C)O. The van der Waals surface area contributed by atoms with E-state index in [4.69, 9.17) is 9.15 Å². The normalized spacial score (nSPS) is 19.6. The summed E-state index contributed by atoms with van der Waals surface area (Å²) in [5.41, 5.74) is 1.56. The Bertz CT molecular complexity index is 1010. The van der Waals surface area contributed by atoms with Crippen molar-refractivity contribution in [3.8, 4) is 5.75 Å². The lowest BCUT2D eigenvalue weighted by Crippen LogP contribution is -2.21. The van der Waals surface area contributed by atoms with Gasteiger partial charge in [-0.25, -0.2) is 4.79 Å². The number of allylic oxidation sites excluding steroid dienone is 1. The van der Waals surface area contributed by atoms with Crippen LogP contribution in [0.3, 0.4) is 0 Å². The van der Waals surface area contributed by atoms with Gasteiger partial charge >= 0.3 is 5.63 Å². The molecule has 1 aliphatic heterocycles. The number of hydrogen-bond acceptors (Lipinski definition) is 6. The molecule has 0 bridgehead atoms. The molecule has 2 heterocycles. The van der Waals surface area contributed by atoms with Gasteiger partial charge in [-0.2, -0.15) is 0 Å². The summed E-state index contributed by atoms with van der Waals surface area (Å²) in [7, 11) is 0. The molecule has 144 valence electrons. The zero-order valence-corrected chi connectivity index (χ0v) is 16.1. The van der Waals surface area contributed by atoms with E-state index in [1.54, 1.807) is 33.8 Å². The Morgan fingerprint density at radius 2 is 1.85 bits per heavy atom. The summed E-state index contributed by atoms with van der Waals surface area (Å²) in [5, 5.41) is 21.2. The summed E-state index contributed by atoms with van der Waals surface area (Å²) in [4.78, 5) is 24.5. The third kappa shape index (κ3) is 3.25. The molecule has 0 saturated carbocycles. The molecule has 3 atom stereocenters. The minimum atomic E-state index is -0.670. The average Bonchev–Trinajstić information content (AvgIpc) is 2.59. The van der Waals surface area contributed by atoms with E-state index in [1.165, 1.54) is 6.08 Å². The molecule has 1 aromatic heterocycles. The summed E-state index contributed by atoms with van der Waals surface area (Å²) in [6.45, 7) is 8.71. The average molecular weight is 372 g/mol. The number of carbonyl (C=O) groups excluding carboxylic acids is 1. The van der Waals surface area contributed by atoms with Crippen molar-refractivity contribution in [3.05, 3.63) is 44.8 Å². The number of phenols is 1. The molecule has 3 unspecified atom stereocenters. The van der Waals surface area contributed by atoms with Gasteiger partial charge in [-0.05, 0) is 44.9 Å². The lowest BCUT2D eigenvalue weighted by Gasteiger charge is -2.23. The Kier molecular flexibility index (Phi) is 4.86. The molecule has 1 aromatic carbocycles. The van der Waals surface area contributed by atoms with Crippen molar-refractivity contribution >= 4 is 22.5 Å². The quantitative estimate of drug-likeness (QED) is 0.802. The molecular formula is C21H24O6. The summed E-state index contributed by atoms with van der Waals surface area (Å²) in [6.07, 6.45) is 0.581. The highest BCUT2D eigenvalue weighted by molar-refractivity contribution is 5.98. The molecule has 2 aromatic rings. The highest BCUT2D eigenvalue weighted by atomic mass is 16.5. The highest BCUT2D eigenvalue weighted by Crippen LogP contribution is 2.39. The highest BCUT2D eigenvalue weighted by Gasteiger charge is 2.26. The largest absolute Gasteiger partial charge is 0.507 e. The lowest BCUT2D eigenvalue weighted by molar-refractivity contribution is -0.117. The van der Waals surface area contributed by atoms with Crippen LogP contribution in [0.15, 0.2) is 21.4 Å². The van der Waals surface area contributed by atoms with Crippen LogP contribution in [0.25, 0.3) is 16.7 Å². The molecule has 0 radical (unpaired) electrons. The van der Waals surface area contributed by atoms with Gasteiger partial charge in [0.1, 0.15) is 28.8 Å². The van der Waals surface area contributed by atoms with E-state index < -0.39 is 11.7 Å². The van der Waals surface area contributed by atoms with E-state index in [0.29, 0.717) is 22.1 Å². The van der Waals surface area contributed by atoms with Gasteiger partial charge in [-0.15, -0.1) is 0 Å². The second-order valence-electron chi connectivity index (χ2n) is 7.34. The molecule has 27 heavy (non-hydrogen) atoms. The number of aliphatic hydroxyl groups excluding tert-OH is 1. The summed E-state index contributed by atoms with van der Waals surface area (Å²) in [6, 6.07) is 1.63. The molecule has 0 fully saturated rings. The van der Waals surface area contributed by atoms with Crippen molar-refractivity contribution < 1.29 is 24.2 Å². The number of hydrogen-bond donors (Lipinski definition) is 2. The molecule has 0 amide bonds. The van der Waals surface area contributed by atoms with Crippen molar-refractivity contribution in [3.63, 3.8) is 0 Å². The molecule has 3 rings (SSSR count). The Hall–Kier alpha value is -2.60. The predicted molar refractivity (Wildman–Crippen MR) is 102 cm³/mol. The Morgan fingerprint density at radius 1 is 1.19 bits per heavy atom. The fourth-order valence-electron chi connectivity index (χ4n) is 3.59. The zero-order chi connectivity index (χ0) is 20.0. The zero-order valence-electron chi connectivity index (χ0n) is 16.1. The van der Waals surface area contributed by atoms with Crippen molar-refractivity contribution in [2.75, 3.05) is 0 Å². The van der Waals surface area contributed by atoms with Gasteiger partial charge in [0, 0.05) is 29.4 Å². The fraction of sp³-hybridized carbons (Fsp3) is 0.429. The van der Waals surface area contributed by atoms with Crippen LogP contribution in [-0.4, -0.2) is 28.2 Å². The second-order valence-corrected chi connectivity index (χ2v) is 7.34. The number of benzene rings is 1. The van der Waals surface area contributed by atoms with Gasteiger partial charge in [0.15, 0.2) is 5.78 Å². The fourth-order valence-corrected chi connectivity index (χ4v) is 3.59. The van der Waals surface area contributed by atoms with E-state index in [2.05, 4.69) is 0 Å². The molecule has 1 aliphatic rings. The number of phenolic OH excluding ortho intramolecular Hbond substituents is 1. The number of ether oxygens (including phenoxy) is 1. The molecular weight excluding hydrogens is 348 g/mol. The van der Waals surface area contributed by atoms with Gasteiger partial charge in [-0.3, -0.25) is 4.79 Å². The molecule has 2 N–H and O–H groups in total. The maximum Gasteiger partial charge on any atom is 0.347 e. The Labute approximate surface area is 157 Å². The summed E-state index contributed by atoms with van der Waals surface area (Å²) in [5.74, 6) is -0.188. The number of fused-ring (bicyclic) bond motifs is 1. The van der Waals surface area contributed by atoms with Crippen molar-refractivity contribution in [2.45, 2.75) is 59.2 Å². The maximum atomic E-state index is 12.6. The monoisotopic (exact) mass is 372 g/mol. The van der Waals surface area contributed by atoms with Gasteiger partial charge in [0.25, 0.3) is 0 Å². The van der Waals surface area contributed by atoms with E-state index in [0.717, 1.165) is 0 Å². The first-order valence-corrected chi connectivity index (χ1v) is 9.01.